The molecule has 7 rings (SSSR count). The van der Waals surface area contributed by atoms with Gasteiger partial charge in [-0.15, -0.1) is 0 Å². The maximum Gasteiger partial charge on any atom is 0.127 e. The van der Waals surface area contributed by atoms with Crippen LogP contribution < -0.4 is 0 Å². The summed E-state index contributed by atoms with van der Waals surface area (Å²) in [7, 11) is 0. The minimum atomic E-state index is 0.124. The van der Waals surface area contributed by atoms with Crippen LogP contribution in [-0.2, 0) is 25.7 Å². The van der Waals surface area contributed by atoms with Crippen LogP contribution in [0.15, 0.2) is 176 Å². The van der Waals surface area contributed by atoms with Gasteiger partial charge < -0.3 is 30.6 Å². The molecular formula is C62H68N8O6. The van der Waals surface area contributed by atoms with E-state index >= 15 is 0 Å². The number of hydrogen-bond donors (Lipinski definition) is 6. The van der Waals surface area contributed by atoms with Crippen molar-refractivity contribution in [2.75, 3.05) is 78.5 Å². The molecule has 14 nitrogen and oxygen atoms in total. The molecule has 0 aromatic heterocycles. The monoisotopic (exact) mass is 1020 g/mol. The summed E-state index contributed by atoms with van der Waals surface area (Å²) < 4.78 is 0. The zero-order chi connectivity index (χ0) is 53.5. The second kappa shape index (κ2) is 28.8. The number of benzene rings is 6. The van der Waals surface area contributed by atoms with Crippen LogP contribution in [-0.4, -0.2) is 156 Å². The number of hydrogen-bond acceptors (Lipinski definition) is 14. The number of para-hydroxylation sites is 6. The maximum absolute atomic E-state index is 11.4. The molecule has 1 heterocycles. The molecule has 8 bridgehead atoms. The molecule has 6 N–H and O–H groups in total. The smallest absolute Gasteiger partial charge is 0.127 e. The van der Waals surface area contributed by atoms with E-state index in [1.807, 2.05) is 84.9 Å². The predicted molar refractivity (Wildman–Crippen MR) is 309 cm³/mol. The van der Waals surface area contributed by atoms with Crippen molar-refractivity contribution in [2.45, 2.75) is 25.7 Å². The highest BCUT2D eigenvalue weighted by Crippen LogP contribution is 2.30. The first-order chi connectivity index (χ1) is 37.0. The van der Waals surface area contributed by atoms with E-state index in [2.05, 4.69) is 32.9 Å². The van der Waals surface area contributed by atoms with Crippen molar-refractivity contribution in [3.05, 3.63) is 201 Å². The van der Waals surface area contributed by atoms with Crippen LogP contribution in [0.5, 0.6) is 34.5 Å². The van der Waals surface area contributed by atoms with Crippen LogP contribution in [0.2, 0.25) is 0 Å². The number of rotatable bonds is 8. The van der Waals surface area contributed by atoms with Gasteiger partial charge in [0.25, 0.3) is 0 Å². The molecule has 0 saturated carbocycles. The van der Waals surface area contributed by atoms with Crippen molar-refractivity contribution in [2.24, 2.45) is 30.0 Å². The molecule has 14 heteroatoms. The molecule has 0 aliphatic carbocycles. The summed E-state index contributed by atoms with van der Waals surface area (Å²) in [6.45, 7) is 14.9. The maximum atomic E-state index is 11.4. The third-order valence-corrected chi connectivity index (χ3v) is 12.9. The molecule has 6 aromatic rings. The molecule has 1 aliphatic heterocycles. The van der Waals surface area contributed by atoms with Crippen molar-refractivity contribution >= 4 is 37.3 Å². The van der Waals surface area contributed by atoms with Crippen molar-refractivity contribution in [1.29, 1.82) is 0 Å². The zero-order valence-corrected chi connectivity index (χ0v) is 43.0. The van der Waals surface area contributed by atoms with Crippen molar-refractivity contribution in [1.82, 2.24) is 9.80 Å². The lowest BCUT2D eigenvalue weighted by Crippen LogP contribution is -2.31. The van der Waals surface area contributed by atoms with E-state index in [0.29, 0.717) is 160 Å². The fraction of sp³-hybridized carbons (Fsp3) is 0.258. The molecular weight excluding hydrogens is 953 g/mol. The van der Waals surface area contributed by atoms with E-state index < -0.39 is 0 Å². The first kappa shape index (κ1) is 55.3. The third kappa shape index (κ3) is 16.8. The fourth-order valence-corrected chi connectivity index (χ4v) is 8.67. The Kier molecular flexibility index (Phi) is 21.0. The van der Waals surface area contributed by atoms with Crippen molar-refractivity contribution in [3.63, 3.8) is 0 Å². The van der Waals surface area contributed by atoms with Gasteiger partial charge in [0.15, 0.2) is 0 Å². The molecule has 0 atom stereocenters. The molecule has 1 aliphatic rings. The quantitative estimate of drug-likeness (QED) is 0.0641. The standard InChI is InChI=1S/C62H68N8O6/c1-45-35-47-13-7-17-53(59(47)73)41-65-25-31-69(29-23-63-39-51-11-3-5-21-57(51)71)33-27-67-43-55-19-9-15-49(61(55)75)37-46(2)38-50-16-10-20-56(62(50)76)44-68-28-34-70(30-24-64-40-52-12-4-6-22-58(52)72)32-26-66-42-54-18-8-14-48(36-45)60(54)74/h3-22,39-44,71-76H,1-2,23-38H2. The van der Waals surface area contributed by atoms with Gasteiger partial charge in [-0.2, -0.15) is 0 Å². The van der Waals surface area contributed by atoms with Gasteiger partial charge in [-0.3, -0.25) is 39.8 Å². The zero-order valence-electron chi connectivity index (χ0n) is 43.0. The molecule has 0 unspecified atom stereocenters. The number of phenolic OH excluding ortho intramolecular Hbond substituents is 6. The Balaban J connectivity index is 1.09. The van der Waals surface area contributed by atoms with Gasteiger partial charge >= 0.3 is 0 Å². The summed E-state index contributed by atoms with van der Waals surface area (Å²) in [4.78, 5) is 32.3. The Morgan fingerprint density at radius 3 is 0.974 bits per heavy atom. The second-order valence-electron chi connectivity index (χ2n) is 18.6. The largest absolute Gasteiger partial charge is 0.507 e. The van der Waals surface area contributed by atoms with Gasteiger partial charge in [-0.05, 0) is 96.5 Å². The topological polar surface area (TPSA) is 202 Å². The minimum absolute atomic E-state index is 0.124. The van der Waals surface area contributed by atoms with Gasteiger partial charge in [0, 0.05) is 110 Å². The number of allylic oxidation sites excluding steroid dienone is 2. The Morgan fingerprint density at radius 2 is 0.684 bits per heavy atom. The summed E-state index contributed by atoms with van der Waals surface area (Å²) >= 11 is 0. The van der Waals surface area contributed by atoms with Gasteiger partial charge in [-0.1, -0.05) is 97.1 Å². The number of aromatic hydroxyl groups is 6. The van der Waals surface area contributed by atoms with E-state index in [4.69, 9.17) is 20.0 Å². The van der Waals surface area contributed by atoms with Crippen molar-refractivity contribution < 1.29 is 30.6 Å². The molecule has 392 valence electrons. The summed E-state index contributed by atoms with van der Waals surface area (Å²) in [6, 6.07) is 36.4. The van der Waals surface area contributed by atoms with Gasteiger partial charge in [0.2, 0.25) is 0 Å². The summed E-state index contributed by atoms with van der Waals surface area (Å²) in [6.07, 6.45) is 11.6. The Labute approximate surface area is 445 Å². The number of nitrogens with zero attached hydrogens (tertiary/aromatic N) is 8. The van der Waals surface area contributed by atoms with Gasteiger partial charge in [0.05, 0.1) is 39.3 Å². The lowest BCUT2D eigenvalue weighted by molar-refractivity contribution is 0.298. The van der Waals surface area contributed by atoms with E-state index in [1.54, 1.807) is 73.7 Å². The van der Waals surface area contributed by atoms with Crippen LogP contribution in [0.4, 0.5) is 0 Å². The fourth-order valence-electron chi connectivity index (χ4n) is 8.67. The van der Waals surface area contributed by atoms with Crippen LogP contribution in [0, 0.1) is 0 Å². The summed E-state index contributed by atoms with van der Waals surface area (Å²) in [5, 5.41) is 65.9. The lowest BCUT2D eigenvalue weighted by Gasteiger charge is -2.19. The first-order valence-electron chi connectivity index (χ1n) is 25.6. The SMILES string of the molecule is C=C1Cc2cccc(c2O)C=NCCN(CCN=Cc2ccccc2O)CCN=Cc2cccc(c2O)CC(=C)Cc2cccc(c2O)C=NCCN(CCN=Cc2ccccc2O)CCN=Cc2cccc(c2O)C1. The Morgan fingerprint density at radius 1 is 0.395 bits per heavy atom. The third-order valence-electron chi connectivity index (χ3n) is 12.9. The van der Waals surface area contributed by atoms with E-state index in [0.717, 1.165) is 11.1 Å². The number of fused-ring (bicyclic) bond motifs is 8. The van der Waals surface area contributed by atoms with Gasteiger partial charge in [-0.25, -0.2) is 0 Å². The van der Waals surface area contributed by atoms with Crippen LogP contribution in [0.25, 0.3) is 0 Å². The average Bonchev–Trinajstić information content (AvgIpc) is 3.40. The molecule has 0 saturated heterocycles. The Hall–Kier alpha value is -8.46. The summed E-state index contributed by atoms with van der Waals surface area (Å²) in [5.41, 5.74) is 8.03. The number of phenols is 6. The predicted octanol–water partition coefficient (Wildman–Crippen LogP) is 8.83. The van der Waals surface area contributed by atoms with Crippen molar-refractivity contribution in [3.8, 4) is 34.5 Å². The molecule has 6 aromatic carbocycles. The molecule has 0 radical (unpaired) electrons. The summed E-state index contributed by atoms with van der Waals surface area (Å²) in [5.74, 6) is 0.826. The highest BCUT2D eigenvalue weighted by atomic mass is 16.3. The molecule has 0 amide bonds. The van der Waals surface area contributed by atoms with Crippen LogP contribution in [0.1, 0.15) is 55.6 Å². The molecule has 0 spiro atoms. The van der Waals surface area contributed by atoms with E-state index in [9.17, 15) is 30.6 Å². The molecule has 76 heavy (non-hydrogen) atoms. The normalized spacial score (nSPS) is 15.4. The Bertz CT molecular complexity index is 2760. The highest BCUT2D eigenvalue weighted by Gasteiger charge is 2.14. The first-order valence-corrected chi connectivity index (χ1v) is 25.6. The average molecular weight is 1020 g/mol. The second-order valence-corrected chi connectivity index (χ2v) is 18.6. The van der Waals surface area contributed by atoms with Crippen LogP contribution in [0.3, 0.4) is 0 Å². The number of aliphatic imine (C=N–C) groups is 6. The van der Waals surface area contributed by atoms with Gasteiger partial charge in [0.1, 0.15) is 34.5 Å². The van der Waals surface area contributed by atoms with E-state index in [-0.39, 0.29) is 34.5 Å². The minimum Gasteiger partial charge on any atom is -0.507 e. The van der Waals surface area contributed by atoms with E-state index in [1.165, 1.54) is 0 Å². The highest BCUT2D eigenvalue weighted by molar-refractivity contribution is 5.87. The lowest BCUT2D eigenvalue weighted by atomic mass is 9.96. The van der Waals surface area contributed by atoms with Crippen LogP contribution >= 0.6 is 0 Å². The molecule has 0 fully saturated rings.